The number of aromatic nitrogens is 5. The van der Waals surface area contributed by atoms with Gasteiger partial charge in [-0.1, -0.05) is 0 Å². The third-order valence-corrected chi connectivity index (χ3v) is 10.2. The Morgan fingerprint density at radius 1 is 1.00 bits per heavy atom. The normalized spacial score (nSPS) is 23.5. The van der Waals surface area contributed by atoms with Crippen molar-refractivity contribution in [2.75, 3.05) is 32.8 Å². The molecule has 3 aromatic rings. The highest BCUT2D eigenvalue weighted by atomic mass is 19.4. The first-order chi connectivity index (χ1) is 19.6. The third kappa shape index (κ3) is 4.23. The van der Waals surface area contributed by atoms with Crippen molar-refractivity contribution in [3.63, 3.8) is 0 Å². The van der Waals surface area contributed by atoms with E-state index < -0.39 is 11.7 Å². The maximum atomic E-state index is 13.5. The fourth-order valence-electron chi connectivity index (χ4n) is 8.11. The average molecular weight is 570 g/mol. The molecular formula is C29H34F3N7O2. The van der Waals surface area contributed by atoms with E-state index in [0.29, 0.717) is 24.2 Å². The van der Waals surface area contributed by atoms with Gasteiger partial charge in [-0.25, -0.2) is 14.8 Å². The molecule has 0 atom stereocenters. The lowest BCUT2D eigenvalue weighted by Crippen LogP contribution is -2.71. The molecule has 8 rings (SSSR count). The average Bonchev–Trinajstić information content (AvgIpc) is 3.45. The fraction of sp³-hybridized carbons (Fsp3) is 0.655. The minimum atomic E-state index is -4.47. The van der Waals surface area contributed by atoms with Crippen LogP contribution in [0.5, 0.6) is 0 Å². The Balaban J connectivity index is 0.814. The van der Waals surface area contributed by atoms with Crippen LogP contribution < -0.4 is 0 Å². The van der Waals surface area contributed by atoms with Gasteiger partial charge in [-0.15, -0.1) is 0 Å². The molecule has 0 aromatic carbocycles. The number of urea groups is 1. The molecule has 9 nitrogen and oxygen atoms in total. The molecule has 0 unspecified atom stereocenters. The number of carbonyl (C=O) groups is 1. The van der Waals surface area contributed by atoms with Crippen LogP contribution in [0.25, 0.3) is 11.0 Å². The van der Waals surface area contributed by atoms with Gasteiger partial charge < -0.3 is 19.5 Å². The number of carbonyl (C=O) groups excluding carboxylic acids is 1. The van der Waals surface area contributed by atoms with Gasteiger partial charge in [0.05, 0.1) is 12.2 Å². The van der Waals surface area contributed by atoms with E-state index in [-0.39, 0.29) is 41.0 Å². The summed E-state index contributed by atoms with van der Waals surface area (Å²) in [6.07, 6.45) is 3.84. The Morgan fingerprint density at radius 3 is 2.32 bits per heavy atom. The molecular weight excluding hydrogens is 535 g/mol. The second-order valence-corrected chi connectivity index (χ2v) is 13.6. The number of nitrogens with one attached hydrogen (secondary N) is 1. The SMILES string of the molecule is O=C(N1CC2(CC(Cc3ccc4c(C(F)(F)F)cn(CCO)c4n3)C2)C1)N1CC2(CC(c3nc(C4CC4)n[nH]3)C2)C1. The number of fused-ring (bicyclic) bond motifs is 1. The van der Waals surface area contributed by atoms with Crippen molar-refractivity contribution in [1.29, 1.82) is 0 Å². The van der Waals surface area contributed by atoms with Gasteiger partial charge in [0.1, 0.15) is 11.5 Å². The summed E-state index contributed by atoms with van der Waals surface area (Å²) in [6.45, 7) is 3.06. The van der Waals surface area contributed by atoms with E-state index >= 15 is 0 Å². The number of pyridine rings is 1. The van der Waals surface area contributed by atoms with Crippen molar-refractivity contribution in [1.82, 2.24) is 34.5 Å². The summed E-state index contributed by atoms with van der Waals surface area (Å²) in [4.78, 5) is 26.3. The first-order valence-electron chi connectivity index (χ1n) is 14.8. The molecule has 3 aliphatic carbocycles. The van der Waals surface area contributed by atoms with Crippen LogP contribution >= 0.6 is 0 Å². The molecule has 2 aliphatic heterocycles. The van der Waals surface area contributed by atoms with Gasteiger partial charge in [-0.3, -0.25) is 5.10 Å². The van der Waals surface area contributed by atoms with E-state index in [9.17, 15) is 23.1 Å². The smallest absolute Gasteiger partial charge is 0.395 e. The summed E-state index contributed by atoms with van der Waals surface area (Å²) in [7, 11) is 0. The van der Waals surface area contributed by atoms with Crippen molar-refractivity contribution in [3.8, 4) is 0 Å². The molecule has 3 aromatic heterocycles. The number of aliphatic hydroxyl groups is 1. The first kappa shape index (κ1) is 25.6. The lowest BCUT2D eigenvalue weighted by molar-refractivity contribution is -0.136. The summed E-state index contributed by atoms with van der Waals surface area (Å²) < 4.78 is 41.8. The number of aromatic amines is 1. The van der Waals surface area contributed by atoms with Crippen LogP contribution in [0.1, 0.15) is 73.3 Å². The Morgan fingerprint density at radius 2 is 1.68 bits per heavy atom. The zero-order valence-corrected chi connectivity index (χ0v) is 22.8. The highest BCUT2D eigenvalue weighted by molar-refractivity contribution is 5.81. The molecule has 0 radical (unpaired) electrons. The third-order valence-electron chi connectivity index (χ3n) is 10.2. The predicted molar refractivity (Wildman–Crippen MR) is 142 cm³/mol. The van der Waals surface area contributed by atoms with Crippen molar-refractivity contribution < 1.29 is 23.1 Å². The molecule has 0 bridgehead atoms. The summed E-state index contributed by atoms with van der Waals surface area (Å²) in [5.41, 5.74) is 0.759. The second-order valence-electron chi connectivity index (χ2n) is 13.6. The summed E-state index contributed by atoms with van der Waals surface area (Å²) >= 11 is 0. The van der Waals surface area contributed by atoms with E-state index in [1.54, 1.807) is 6.07 Å². The molecule has 2 amide bonds. The quantitative estimate of drug-likeness (QED) is 0.461. The maximum absolute atomic E-state index is 13.5. The zero-order valence-electron chi connectivity index (χ0n) is 22.8. The van der Waals surface area contributed by atoms with E-state index in [0.717, 1.165) is 75.4 Å². The fourth-order valence-corrected chi connectivity index (χ4v) is 8.11. The first-order valence-corrected chi connectivity index (χ1v) is 14.8. The highest BCUT2D eigenvalue weighted by Gasteiger charge is 2.58. The van der Waals surface area contributed by atoms with Crippen molar-refractivity contribution in [2.24, 2.45) is 16.7 Å². The molecule has 2 saturated heterocycles. The molecule has 2 N–H and O–H groups in total. The van der Waals surface area contributed by atoms with Crippen LogP contribution in [0.15, 0.2) is 18.3 Å². The van der Waals surface area contributed by atoms with E-state index in [2.05, 4.69) is 15.2 Å². The van der Waals surface area contributed by atoms with Gasteiger partial charge in [0.25, 0.3) is 0 Å². The predicted octanol–water partition coefficient (Wildman–Crippen LogP) is 4.30. The van der Waals surface area contributed by atoms with E-state index in [1.165, 1.54) is 23.5 Å². The van der Waals surface area contributed by atoms with Crippen LogP contribution in [-0.4, -0.2) is 78.5 Å². The Bertz CT molecular complexity index is 1500. The number of nitrogens with zero attached hydrogens (tertiary/aromatic N) is 6. The van der Waals surface area contributed by atoms with E-state index in [1.807, 2.05) is 9.80 Å². The second kappa shape index (κ2) is 8.68. The lowest BCUT2D eigenvalue weighted by atomic mass is 9.56. The topological polar surface area (TPSA) is 103 Å². The standard InChI is InChI=1S/C29H34F3N7O2/c30-29(31,32)22-12-37(5-6-40)25-21(22)4-3-20(33-25)7-17-8-27(9-17)13-38(14-27)26(41)39-15-28(16-39)10-19(11-28)24-34-23(35-36-24)18-1-2-18/h3-4,12,17-19,40H,1-2,5-11,13-16H2,(H,34,35,36). The molecule has 5 fully saturated rings. The minimum Gasteiger partial charge on any atom is -0.395 e. The highest BCUT2D eigenvalue weighted by Crippen LogP contribution is 2.57. The van der Waals surface area contributed by atoms with Crippen LogP contribution in [-0.2, 0) is 19.1 Å². The largest absolute Gasteiger partial charge is 0.418 e. The number of halogens is 3. The molecule has 3 saturated carbocycles. The number of hydrogen-bond donors (Lipinski definition) is 2. The van der Waals surface area contributed by atoms with Crippen LogP contribution in [0.3, 0.4) is 0 Å². The number of alkyl halides is 3. The van der Waals surface area contributed by atoms with Gasteiger partial charge in [0.15, 0.2) is 5.82 Å². The van der Waals surface area contributed by atoms with Crippen molar-refractivity contribution in [3.05, 3.63) is 41.2 Å². The van der Waals surface area contributed by atoms with Crippen LogP contribution in [0, 0.1) is 16.7 Å². The number of aliphatic hydroxyl groups excluding tert-OH is 1. The Labute approximate surface area is 235 Å². The van der Waals surface area contributed by atoms with Gasteiger partial charge in [-0.2, -0.15) is 18.3 Å². The molecule has 218 valence electrons. The number of amides is 2. The Hall–Kier alpha value is -3.15. The molecule has 2 spiro atoms. The Kier molecular flexibility index (Phi) is 5.41. The van der Waals surface area contributed by atoms with Crippen LogP contribution in [0.4, 0.5) is 18.0 Å². The van der Waals surface area contributed by atoms with Crippen LogP contribution in [0.2, 0.25) is 0 Å². The number of likely N-dealkylation sites (tertiary alicyclic amines) is 2. The molecule has 5 heterocycles. The zero-order chi connectivity index (χ0) is 28.1. The van der Waals surface area contributed by atoms with Gasteiger partial charge in [-0.05, 0) is 63.0 Å². The summed E-state index contributed by atoms with van der Waals surface area (Å²) in [5.74, 6) is 3.40. The molecule has 5 aliphatic rings. The minimum absolute atomic E-state index is 0.0683. The van der Waals surface area contributed by atoms with Gasteiger partial charge in [0, 0.05) is 72.7 Å². The molecule has 41 heavy (non-hydrogen) atoms. The monoisotopic (exact) mass is 569 g/mol. The maximum Gasteiger partial charge on any atom is 0.418 e. The molecule has 12 heteroatoms. The van der Waals surface area contributed by atoms with Gasteiger partial charge >= 0.3 is 12.2 Å². The summed E-state index contributed by atoms with van der Waals surface area (Å²) in [6, 6.07) is 3.36. The summed E-state index contributed by atoms with van der Waals surface area (Å²) in [5, 5.41) is 16.9. The number of H-pyrrole nitrogens is 1. The number of rotatable bonds is 6. The number of hydrogen-bond acceptors (Lipinski definition) is 5. The van der Waals surface area contributed by atoms with Gasteiger partial charge in [0.2, 0.25) is 0 Å². The van der Waals surface area contributed by atoms with Crippen molar-refractivity contribution >= 4 is 17.1 Å². The lowest BCUT2D eigenvalue weighted by Gasteiger charge is -2.63. The van der Waals surface area contributed by atoms with Crippen molar-refractivity contribution in [2.45, 2.75) is 69.5 Å². The van der Waals surface area contributed by atoms with E-state index in [4.69, 9.17) is 4.98 Å².